The molecule has 6 nitrogen and oxygen atoms in total. The van der Waals surface area contributed by atoms with Gasteiger partial charge in [-0.3, -0.25) is 9.59 Å². The Morgan fingerprint density at radius 1 is 0.966 bits per heavy atom. The average molecular weight is 399 g/mol. The number of hydrogen-bond donors (Lipinski definition) is 1. The van der Waals surface area contributed by atoms with Crippen molar-refractivity contribution in [1.82, 2.24) is 4.90 Å². The van der Waals surface area contributed by atoms with Crippen LogP contribution in [0.1, 0.15) is 28.7 Å². The van der Waals surface area contributed by atoms with E-state index in [-0.39, 0.29) is 18.4 Å². The van der Waals surface area contributed by atoms with E-state index in [1.54, 1.807) is 21.3 Å². The number of benzene rings is 2. The Labute approximate surface area is 172 Å². The van der Waals surface area contributed by atoms with Gasteiger partial charge < -0.3 is 19.7 Å². The quantitative estimate of drug-likeness (QED) is 0.737. The fourth-order valence-corrected chi connectivity index (χ4v) is 3.34. The van der Waals surface area contributed by atoms with Crippen LogP contribution in [0, 0.1) is 20.8 Å². The van der Waals surface area contributed by atoms with Crippen molar-refractivity contribution in [1.29, 1.82) is 0 Å². The van der Waals surface area contributed by atoms with E-state index in [1.807, 2.05) is 51.1 Å². The van der Waals surface area contributed by atoms with Gasteiger partial charge in [0.15, 0.2) is 11.5 Å². The van der Waals surface area contributed by atoms with E-state index < -0.39 is 0 Å². The molecule has 0 atom stereocenters. The lowest BCUT2D eigenvalue weighted by Gasteiger charge is -2.18. The summed E-state index contributed by atoms with van der Waals surface area (Å²) in [5.41, 5.74) is 4.96. The van der Waals surface area contributed by atoms with Crippen LogP contribution < -0.4 is 14.8 Å². The first-order chi connectivity index (χ1) is 13.7. The lowest BCUT2D eigenvalue weighted by molar-refractivity contribution is -0.133. The summed E-state index contributed by atoms with van der Waals surface area (Å²) in [4.78, 5) is 26.3. The maximum Gasteiger partial charge on any atom is 0.243 e. The van der Waals surface area contributed by atoms with Gasteiger partial charge >= 0.3 is 0 Å². The van der Waals surface area contributed by atoms with E-state index in [1.165, 1.54) is 4.90 Å². The number of nitrogens with zero attached hydrogens (tertiary/aromatic N) is 1. The molecule has 2 amide bonds. The Kier molecular flexibility index (Phi) is 7.65. The van der Waals surface area contributed by atoms with Crippen molar-refractivity contribution >= 4 is 17.5 Å². The van der Waals surface area contributed by atoms with Gasteiger partial charge in [-0.1, -0.05) is 23.8 Å². The zero-order valence-electron chi connectivity index (χ0n) is 18.1. The van der Waals surface area contributed by atoms with Crippen molar-refractivity contribution in [2.45, 2.75) is 33.6 Å². The number of aryl methyl sites for hydroxylation is 4. The van der Waals surface area contributed by atoms with Crippen molar-refractivity contribution in [3.8, 4) is 11.5 Å². The maximum absolute atomic E-state index is 12.5. The minimum atomic E-state index is -0.206. The summed E-state index contributed by atoms with van der Waals surface area (Å²) < 4.78 is 10.5. The first kappa shape index (κ1) is 22.3. The van der Waals surface area contributed by atoms with Gasteiger partial charge in [0.05, 0.1) is 20.8 Å². The first-order valence-corrected chi connectivity index (χ1v) is 9.57. The van der Waals surface area contributed by atoms with Gasteiger partial charge in [-0.15, -0.1) is 0 Å². The van der Waals surface area contributed by atoms with Crippen LogP contribution in [-0.2, 0) is 16.0 Å². The van der Waals surface area contributed by atoms with Crippen LogP contribution in [0.15, 0.2) is 30.3 Å². The standard InChI is InChI=1S/C23H30N2O4/c1-15-11-16(2)23(17(3)12-15)24-21(26)14-25(4)22(27)10-8-18-7-9-19(28-5)20(13-18)29-6/h7,9,11-13H,8,10,14H2,1-6H3,(H,24,26). The Bertz CT molecular complexity index is 869. The Morgan fingerprint density at radius 2 is 1.59 bits per heavy atom. The molecule has 2 aromatic rings. The highest BCUT2D eigenvalue weighted by atomic mass is 16.5. The van der Waals surface area contributed by atoms with Crippen molar-refractivity contribution < 1.29 is 19.1 Å². The van der Waals surface area contributed by atoms with Gasteiger partial charge in [-0.05, 0) is 56.0 Å². The summed E-state index contributed by atoms with van der Waals surface area (Å²) in [5.74, 6) is 0.987. The molecule has 0 fully saturated rings. The van der Waals surface area contributed by atoms with E-state index >= 15 is 0 Å². The maximum atomic E-state index is 12.5. The summed E-state index contributed by atoms with van der Waals surface area (Å²) in [7, 11) is 4.81. The third-order valence-corrected chi connectivity index (χ3v) is 4.82. The van der Waals surface area contributed by atoms with E-state index in [9.17, 15) is 9.59 Å². The second-order valence-electron chi connectivity index (χ2n) is 7.26. The van der Waals surface area contributed by atoms with Crippen LogP contribution in [0.3, 0.4) is 0 Å². The number of carbonyl (C=O) groups is 2. The third kappa shape index (κ3) is 5.98. The molecule has 0 saturated heterocycles. The van der Waals surface area contributed by atoms with Crippen LogP contribution >= 0.6 is 0 Å². The lowest BCUT2D eigenvalue weighted by Crippen LogP contribution is -2.35. The Morgan fingerprint density at radius 3 is 2.17 bits per heavy atom. The number of ether oxygens (including phenoxy) is 2. The topological polar surface area (TPSA) is 67.9 Å². The van der Waals surface area contributed by atoms with E-state index in [4.69, 9.17) is 9.47 Å². The lowest BCUT2D eigenvalue weighted by atomic mass is 10.1. The number of rotatable bonds is 8. The zero-order chi connectivity index (χ0) is 21.6. The highest BCUT2D eigenvalue weighted by Gasteiger charge is 2.15. The summed E-state index contributed by atoms with van der Waals surface area (Å²) >= 11 is 0. The molecule has 1 N–H and O–H groups in total. The second kappa shape index (κ2) is 9.96. The molecule has 0 bridgehead atoms. The smallest absolute Gasteiger partial charge is 0.243 e. The number of carbonyl (C=O) groups excluding carboxylic acids is 2. The number of amides is 2. The van der Waals surface area contributed by atoms with Crippen molar-refractivity contribution in [2.75, 3.05) is 33.1 Å². The molecule has 156 valence electrons. The normalized spacial score (nSPS) is 10.4. The molecule has 0 aliphatic rings. The first-order valence-electron chi connectivity index (χ1n) is 9.57. The molecule has 6 heteroatoms. The Balaban J connectivity index is 1.91. The van der Waals surface area contributed by atoms with E-state index in [0.717, 1.165) is 27.9 Å². The molecule has 0 aliphatic heterocycles. The average Bonchev–Trinajstić information content (AvgIpc) is 2.68. The van der Waals surface area contributed by atoms with Gasteiger partial charge in [0.2, 0.25) is 11.8 Å². The van der Waals surface area contributed by atoms with Gasteiger partial charge in [-0.25, -0.2) is 0 Å². The zero-order valence-corrected chi connectivity index (χ0v) is 18.1. The van der Waals surface area contributed by atoms with Gasteiger partial charge in [-0.2, -0.15) is 0 Å². The van der Waals surface area contributed by atoms with Gasteiger partial charge in [0, 0.05) is 19.2 Å². The van der Waals surface area contributed by atoms with E-state index in [2.05, 4.69) is 5.32 Å². The highest BCUT2D eigenvalue weighted by Crippen LogP contribution is 2.28. The minimum Gasteiger partial charge on any atom is -0.493 e. The predicted octanol–water partition coefficient (Wildman–Crippen LogP) is 3.66. The molecule has 2 rings (SSSR count). The fraction of sp³-hybridized carbons (Fsp3) is 0.391. The molecule has 0 heterocycles. The van der Waals surface area contributed by atoms with Crippen LogP contribution in [0.25, 0.3) is 0 Å². The number of methoxy groups -OCH3 is 2. The van der Waals surface area contributed by atoms with Gasteiger partial charge in [0.25, 0.3) is 0 Å². The molecular formula is C23H30N2O4. The molecule has 0 saturated carbocycles. The van der Waals surface area contributed by atoms with Crippen molar-refractivity contribution in [3.63, 3.8) is 0 Å². The van der Waals surface area contributed by atoms with Crippen molar-refractivity contribution in [3.05, 3.63) is 52.6 Å². The largest absolute Gasteiger partial charge is 0.493 e. The van der Waals surface area contributed by atoms with Crippen LogP contribution in [-0.4, -0.2) is 44.5 Å². The number of anilines is 1. The Hall–Kier alpha value is -3.02. The SMILES string of the molecule is COc1ccc(CCC(=O)N(C)CC(=O)Nc2c(C)cc(C)cc2C)cc1OC. The van der Waals surface area contributed by atoms with Crippen LogP contribution in [0.2, 0.25) is 0 Å². The molecule has 0 spiro atoms. The monoisotopic (exact) mass is 398 g/mol. The van der Waals surface area contributed by atoms with E-state index in [0.29, 0.717) is 24.3 Å². The molecule has 0 radical (unpaired) electrons. The number of nitrogens with one attached hydrogen (secondary N) is 1. The van der Waals surface area contributed by atoms with Crippen LogP contribution in [0.4, 0.5) is 5.69 Å². The summed E-state index contributed by atoms with van der Waals surface area (Å²) in [6.07, 6.45) is 0.864. The summed E-state index contributed by atoms with van der Waals surface area (Å²) in [6.45, 7) is 5.97. The fourth-order valence-electron chi connectivity index (χ4n) is 3.34. The molecular weight excluding hydrogens is 368 g/mol. The molecule has 29 heavy (non-hydrogen) atoms. The molecule has 0 aliphatic carbocycles. The number of hydrogen-bond acceptors (Lipinski definition) is 4. The molecule has 2 aromatic carbocycles. The van der Waals surface area contributed by atoms with Gasteiger partial charge in [0.1, 0.15) is 0 Å². The number of likely N-dealkylation sites (N-methyl/N-ethyl adjacent to an activating group) is 1. The second-order valence-corrected chi connectivity index (χ2v) is 7.26. The van der Waals surface area contributed by atoms with Crippen molar-refractivity contribution in [2.24, 2.45) is 0 Å². The third-order valence-electron chi connectivity index (χ3n) is 4.82. The minimum absolute atomic E-state index is 0.0114. The highest BCUT2D eigenvalue weighted by molar-refractivity contribution is 5.95. The van der Waals surface area contributed by atoms with Crippen LogP contribution in [0.5, 0.6) is 11.5 Å². The summed E-state index contributed by atoms with van der Waals surface area (Å²) in [6, 6.07) is 9.65. The predicted molar refractivity (Wildman–Crippen MR) is 115 cm³/mol. The molecule has 0 aromatic heterocycles. The summed E-state index contributed by atoms with van der Waals surface area (Å²) in [5, 5.41) is 2.93. The molecule has 0 unspecified atom stereocenters.